The lowest BCUT2D eigenvalue weighted by atomic mass is 10.1. The first kappa shape index (κ1) is 9.56. The van der Waals surface area contributed by atoms with Crippen LogP contribution in [0, 0.1) is 23.7 Å². The molecular formula is C11H14N2O4. The Labute approximate surface area is 98.4 Å². The molecule has 0 radical (unpaired) electrons. The van der Waals surface area contributed by atoms with Crippen LogP contribution in [0.25, 0.3) is 0 Å². The summed E-state index contributed by atoms with van der Waals surface area (Å²) >= 11 is 0. The number of hydrogen-bond donors (Lipinski definition) is 0. The molecule has 5 aliphatic rings. The highest BCUT2D eigenvalue weighted by molar-refractivity contribution is 5.77. The number of carbonyl (C=O) groups excluding carboxylic acids is 2. The van der Waals surface area contributed by atoms with Crippen molar-refractivity contribution in [2.75, 3.05) is 14.2 Å². The van der Waals surface area contributed by atoms with Crippen molar-refractivity contribution in [1.82, 2.24) is 10.0 Å². The fourth-order valence-electron chi connectivity index (χ4n) is 4.65. The van der Waals surface area contributed by atoms with E-state index < -0.39 is 12.2 Å². The number of nitrogens with zero attached hydrogens (tertiary/aromatic N) is 2. The maximum absolute atomic E-state index is 11.8. The minimum Gasteiger partial charge on any atom is -0.452 e. The summed E-state index contributed by atoms with van der Waals surface area (Å²) in [4.78, 5) is 23.6. The highest BCUT2D eigenvalue weighted by Gasteiger charge is 2.82. The number of hydrazine groups is 1. The summed E-state index contributed by atoms with van der Waals surface area (Å²) in [7, 11) is 2.69. The zero-order chi connectivity index (χ0) is 11.9. The van der Waals surface area contributed by atoms with Crippen LogP contribution in [-0.4, -0.2) is 48.5 Å². The van der Waals surface area contributed by atoms with E-state index in [-0.39, 0.29) is 12.1 Å². The average Bonchev–Trinajstić information content (AvgIpc) is 2.75. The molecule has 0 N–H and O–H groups in total. The number of ether oxygens (including phenoxy) is 2. The van der Waals surface area contributed by atoms with Crippen LogP contribution in [0.1, 0.15) is 6.42 Å². The van der Waals surface area contributed by atoms with Gasteiger partial charge in [0.05, 0.1) is 26.3 Å². The van der Waals surface area contributed by atoms with Crippen molar-refractivity contribution in [2.24, 2.45) is 23.7 Å². The summed E-state index contributed by atoms with van der Waals surface area (Å²) in [6, 6.07) is 0.336. The molecule has 6 heteroatoms. The molecule has 4 saturated carbocycles. The van der Waals surface area contributed by atoms with Gasteiger partial charge in [-0.2, -0.15) is 0 Å². The van der Waals surface area contributed by atoms with Crippen molar-refractivity contribution in [1.29, 1.82) is 0 Å². The van der Waals surface area contributed by atoms with Crippen LogP contribution in [-0.2, 0) is 9.47 Å². The van der Waals surface area contributed by atoms with E-state index in [9.17, 15) is 9.59 Å². The lowest BCUT2D eigenvalue weighted by Gasteiger charge is -2.35. The zero-order valence-electron chi connectivity index (χ0n) is 9.70. The van der Waals surface area contributed by atoms with Crippen molar-refractivity contribution >= 4 is 12.2 Å². The first-order chi connectivity index (χ1) is 8.20. The van der Waals surface area contributed by atoms with Gasteiger partial charge in [0, 0.05) is 5.92 Å². The first-order valence-electron chi connectivity index (χ1n) is 5.95. The molecular weight excluding hydrogens is 224 g/mol. The summed E-state index contributed by atoms with van der Waals surface area (Å²) in [5, 5.41) is 2.99. The summed E-state index contributed by atoms with van der Waals surface area (Å²) < 4.78 is 9.57. The third-order valence-electron chi connectivity index (χ3n) is 5.02. The normalized spacial score (nSPS) is 47.4. The van der Waals surface area contributed by atoms with Gasteiger partial charge >= 0.3 is 12.2 Å². The van der Waals surface area contributed by atoms with Crippen LogP contribution < -0.4 is 0 Å². The van der Waals surface area contributed by atoms with Gasteiger partial charge in [-0.3, -0.25) is 0 Å². The lowest BCUT2D eigenvalue weighted by molar-refractivity contribution is -0.0331. The zero-order valence-corrected chi connectivity index (χ0v) is 9.70. The predicted molar refractivity (Wildman–Crippen MR) is 54.6 cm³/mol. The molecule has 6 atom stereocenters. The average molecular weight is 238 g/mol. The molecule has 0 spiro atoms. The van der Waals surface area contributed by atoms with Crippen molar-refractivity contribution < 1.29 is 19.1 Å². The highest BCUT2D eigenvalue weighted by atomic mass is 16.6. The van der Waals surface area contributed by atoms with Crippen molar-refractivity contribution in [3.05, 3.63) is 0 Å². The highest BCUT2D eigenvalue weighted by Crippen LogP contribution is 2.76. The van der Waals surface area contributed by atoms with Crippen molar-refractivity contribution in [3.8, 4) is 0 Å². The maximum Gasteiger partial charge on any atom is 0.428 e. The minimum absolute atomic E-state index is 0.168. The molecule has 2 amide bonds. The summed E-state index contributed by atoms with van der Waals surface area (Å²) in [6.07, 6.45) is 0.254. The van der Waals surface area contributed by atoms with Crippen molar-refractivity contribution in [3.63, 3.8) is 0 Å². The fraction of sp³-hybridized carbons (Fsp3) is 0.818. The Morgan fingerprint density at radius 3 is 1.76 bits per heavy atom. The quantitative estimate of drug-likeness (QED) is 0.623. The summed E-state index contributed by atoms with van der Waals surface area (Å²) in [6.45, 7) is 0. The molecule has 17 heavy (non-hydrogen) atoms. The Morgan fingerprint density at radius 1 is 0.941 bits per heavy atom. The van der Waals surface area contributed by atoms with E-state index >= 15 is 0 Å². The van der Waals surface area contributed by atoms with Gasteiger partial charge in [0.25, 0.3) is 0 Å². The Bertz CT molecular complexity index is 390. The van der Waals surface area contributed by atoms with Gasteiger partial charge in [0.1, 0.15) is 0 Å². The maximum atomic E-state index is 11.8. The molecule has 0 aromatic carbocycles. The van der Waals surface area contributed by atoms with Gasteiger partial charge in [-0.25, -0.2) is 19.6 Å². The van der Waals surface area contributed by atoms with E-state index in [0.29, 0.717) is 17.8 Å². The van der Waals surface area contributed by atoms with Gasteiger partial charge in [0.15, 0.2) is 0 Å². The van der Waals surface area contributed by atoms with Gasteiger partial charge < -0.3 is 9.47 Å². The van der Waals surface area contributed by atoms with Gasteiger partial charge in [-0.05, 0) is 24.2 Å². The molecule has 1 saturated heterocycles. The molecule has 6 nitrogen and oxygen atoms in total. The lowest BCUT2D eigenvalue weighted by Crippen LogP contribution is -2.54. The van der Waals surface area contributed by atoms with Crippen LogP contribution >= 0.6 is 0 Å². The molecule has 5 fully saturated rings. The number of methoxy groups -OCH3 is 2. The number of rotatable bonds is 0. The standard InChI is InChI=1S/C11H14N2O4/c1-16-10(14)12-8-5-3-4-6(8)7(4)9(5)13(12)11(15)17-2/h4-9H,3H2,1-2H3/t4?,5?,6-,7-,8-,9+/m1/s1. The molecule has 0 aromatic rings. The van der Waals surface area contributed by atoms with E-state index in [4.69, 9.17) is 9.47 Å². The summed E-state index contributed by atoms with van der Waals surface area (Å²) in [5.74, 6) is 2.36. The second kappa shape index (κ2) is 2.68. The minimum atomic E-state index is -0.445. The van der Waals surface area contributed by atoms with E-state index in [0.717, 1.165) is 12.3 Å². The molecule has 5 rings (SSSR count). The van der Waals surface area contributed by atoms with E-state index in [1.54, 1.807) is 0 Å². The van der Waals surface area contributed by atoms with Crippen LogP contribution in [0.4, 0.5) is 9.59 Å². The molecule has 4 aliphatic carbocycles. The van der Waals surface area contributed by atoms with E-state index in [1.165, 1.54) is 24.2 Å². The van der Waals surface area contributed by atoms with Crippen LogP contribution in [0.5, 0.6) is 0 Å². The first-order valence-corrected chi connectivity index (χ1v) is 5.95. The fourth-order valence-corrected chi connectivity index (χ4v) is 4.65. The Morgan fingerprint density at radius 2 is 1.41 bits per heavy atom. The predicted octanol–water partition coefficient (Wildman–Crippen LogP) is 0.685. The Hall–Kier alpha value is -1.46. The molecule has 92 valence electrons. The Kier molecular flexibility index (Phi) is 1.51. The summed E-state index contributed by atoms with van der Waals surface area (Å²) in [5.41, 5.74) is 0. The van der Waals surface area contributed by atoms with Gasteiger partial charge in [-0.1, -0.05) is 0 Å². The third-order valence-corrected chi connectivity index (χ3v) is 5.02. The molecule has 0 aromatic heterocycles. The monoisotopic (exact) mass is 238 g/mol. The molecule has 2 unspecified atom stereocenters. The van der Waals surface area contributed by atoms with Crippen LogP contribution in [0.2, 0.25) is 0 Å². The van der Waals surface area contributed by atoms with Gasteiger partial charge in [-0.15, -0.1) is 0 Å². The third kappa shape index (κ3) is 0.828. The second-order valence-electron chi connectivity index (χ2n) is 5.33. The topological polar surface area (TPSA) is 59.1 Å². The smallest absolute Gasteiger partial charge is 0.428 e. The molecule has 1 heterocycles. The van der Waals surface area contributed by atoms with E-state index in [1.807, 2.05) is 0 Å². The number of hydrogen-bond acceptors (Lipinski definition) is 4. The SMILES string of the molecule is COC(=O)N1[C@@H]2C3CC4[C@@H]2[C@@H]4[C@H]3N1C(=O)OC. The van der Waals surface area contributed by atoms with Crippen LogP contribution in [0.15, 0.2) is 0 Å². The van der Waals surface area contributed by atoms with Crippen molar-refractivity contribution in [2.45, 2.75) is 18.5 Å². The van der Waals surface area contributed by atoms with Crippen LogP contribution in [0.3, 0.4) is 0 Å². The largest absolute Gasteiger partial charge is 0.452 e. The van der Waals surface area contributed by atoms with Gasteiger partial charge in [0.2, 0.25) is 0 Å². The molecule has 1 aliphatic heterocycles. The Balaban J connectivity index is 1.73. The number of amides is 2. The number of carbonyl (C=O) groups is 2. The molecule has 6 bridgehead atoms. The second-order valence-corrected chi connectivity index (χ2v) is 5.33. The van der Waals surface area contributed by atoms with E-state index in [2.05, 4.69) is 0 Å².